The Hall–Kier alpha value is -3.43. The van der Waals surface area contributed by atoms with Gasteiger partial charge in [-0.15, -0.1) is 0 Å². The van der Waals surface area contributed by atoms with E-state index in [1.807, 2.05) is 11.8 Å². The number of hydrogen-bond donors (Lipinski definition) is 1. The van der Waals surface area contributed by atoms with Gasteiger partial charge in [-0.1, -0.05) is 11.6 Å². The molecule has 167 valence electrons. The Morgan fingerprint density at radius 1 is 1.21 bits per heavy atom. The van der Waals surface area contributed by atoms with E-state index < -0.39 is 12.0 Å². The van der Waals surface area contributed by atoms with Crippen LogP contribution in [-0.4, -0.2) is 55.1 Å². The minimum absolute atomic E-state index is 0.0273. The molecule has 2 aromatic heterocycles. The molecule has 2 atom stereocenters. The van der Waals surface area contributed by atoms with E-state index in [0.717, 1.165) is 0 Å². The lowest BCUT2D eigenvalue weighted by molar-refractivity contribution is 0.0695. The molecule has 33 heavy (non-hydrogen) atoms. The summed E-state index contributed by atoms with van der Waals surface area (Å²) in [7, 11) is 8.52. The third-order valence-electron chi connectivity index (χ3n) is 5.92. The van der Waals surface area contributed by atoms with E-state index in [9.17, 15) is 9.90 Å². The number of aromatic nitrogens is 4. The summed E-state index contributed by atoms with van der Waals surface area (Å²) in [5.41, 5.74) is 2.50. The summed E-state index contributed by atoms with van der Waals surface area (Å²) in [5, 5.41) is 18.8. The quantitative estimate of drug-likeness (QED) is 0.485. The van der Waals surface area contributed by atoms with E-state index in [1.54, 1.807) is 48.8 Å². The van der Waals surface area contributed by atoms with Crippen molar-refractivity contribution in [3.63, 3.8) is 0 Å². The van der Waals surface area contributed by atoms with Gasteiger partial charge in [0.15, 0.2) is 5.58 Å². The molecule has 1 saturated heterocycles. The van der Waals surface area contributed by atoms with Crippen molar-refractivity contribution in [2.45, 2.75) is 25.4 Å². The third kappa shape index (κ3) is 4.05. The number of anilines is 1. The standard InChI is InChI=1S/C23H20ClN6O3/c1-14-7-10-29(23-27-19-11-15(24)3-6-21(19)33-23)20(13-28(14)2)18-12-16(30-25-8-9-26-30)4-5-17(18)22(31)32/h3-6,8-9,11-12,14,20H,7,10,13H2,1H3,(H,31,32)/t14-,20?/m1/s1. The van der Waals surface area contributed by atoms with Gasteiger partial charge in [0.1, 0.15) is 5.52 Å². The van der Waals surface area contributed by atoms with Crippen molar-refractivity contribution < 1.29 is 14.3 Å². The van der Waals surface area contributed by atoms with Crippen molar-refractivity contribution in [1.82, 2.24) is 24.9 Å². The third-order valence-corrected chi connectivity index (χ3v) is 6.16. The molecule has 4 aromatic rings. The molecular formula is C23H20ClN6O3. The first kappa shape index (κ1) is 21.4. The van der Waals surface area contributed by atoms with E-state index in [4.69, 9.17) is 23.1 Å². The van der Waals surface area contributed by atoms with Gasteiger partial charge in [0.25, 0.3) is 6.01 Å². The summed E-state index contributed by atoms with van der Waals surface area (Å²) >= 11 is 6.12. The summed E-state index contributed by atoms with van der Waals surface area (Å²) in [6.45, 7) is 2.77. The molecule has 0 bridgehead atoms. The summed E-state index contributed by atoms with van der Waals surface area (Å²) in [5.74, 6) is -1.05. The van der Waals surface area contributed by atoms with Crippen LogP contribution in [0.4, 0.5) is 6.01 Å². The number of halogens is 1. The van der Waals surface area contributed by atoms with Gasteiger partial charge >= 0.3 is 5.97 Å². The van der Waals surface area contributed by atoms with Crippen molar-refractivity contribution in [3.05, 3.63) is 72.0 Å². The highest BCUT2D eigenvalue weighted by Crippen LogP contribution is 2.35. The molecule has 0 aliphatic carbocycles. The zero-order valence-electron chi connectivity index (χ0n) is 17.7. The first-order chi connectivity index (χ1) is 15.9. The molecule has 0 spiro atoms. The summed E-state index contributed by atoms with van der Waals surface area (Å²) < 4.78 is 6.04. The Bertz CT molecular complexity index is 1310. The number of aromatic carboxylic acids is 1. The molecular weight excluding hydrogens is 444 g/mol. The predicted octanol–water partition coefficient (Wildman–Crippen LogP) is 3.95. The van der Waals surface area contributed by atoms with Crippen LogP contribution >= 0.6 is 11.6 Å². The number of carboxylic acids is 1. The second-order valence-corrected chi connectivity index (χ2v) is 8.44. The van der Waals surface area contributed by atoms with Gasteiger partial charge in [-0.3, -0.25) is 4.90 Å². The Morgan fingerprint density at radius 3 is 2.76 bits per heavy atom. The van der Waals surface area contributed by atoms with Gasteiger partial charge in [-0.05, 0) is 55.3 Å². The topological polar surface area (TPSA) is 101 Å². The van der Waals surface area contributed by atoms with Crippen LogP contribution in [0.3, 0.4) is 0 Å². The smallest absolute Gasteiger partial charge is 0.336 e. The Labute approximate surface area is 195 Å². The fourth-order valence-corrected chi connectivity index (χ4v) is 4.27. The maximum Gasteiger partial charge on any atom is 0.336 e. The van der Waals surface area contributed by atoms with Crippen molar-refractivity contribution >= 4 is 34.7 Å². The van der Waals surface area contributed by atoms with E-state index in [2.05, 4.69) is 15.2 Å². The van der Waals surface area contributed by atoms with E-state index in [0.29, 0.717) is 46.4 Å². The zero-order chi connectivity index (χ0) is 23.1. The van der Waals surface area contributed by atoms with Crippen molar-refractivity contribution in [1.29, 1.82) is 0 Å². The molecule has 1 unspecified atom stereocenters. The minimum Gasteiger partial charge on any atom is -0.478 e. The molecule has 5 rings (SSSR count). The Balaban J connectivity index is 1.66. The van der Waals surface area contributed by atoms with Crippen LogP contribution < -0.4 is 4.90 Å². The Morgan fingerprint density at radius 2 is 2.00 bits per heavy atom. The number of benzene rings is 2. The van der Waals surface area contributed by atoms with Gasteiger partial charge in [-0.2, -0.15) is 20.0 Å². The molecule has 10 heteroatoms. The summed E-state index contributed by atoms with van der Waals surface area (Å²) in [4.78, 5) is 21.6. The number of rotatable bonds is 4. The van der Waals surface area contributed by atoms with E-state index >= 15 is 0 Å². The van der Waals surface area contributed by atoms with Crippen LogP contribution in [0.1, 0.15) is 35.3 Å². The average molecular weight is 464 g/mol. The molecule has 1 aliphatic rings. The number of fused-ring (bicyclic) bond motifs is 1. The first-order valence-corrected chi connectivity index (χ1v) is 10.8. The zero-order valence-corrected chi connectivity index (χ0v) is 18.5. The molecule has 3 heterocycles. The number of carbonyl (C=O) groups is 1. The maximum absolute atomic E-state index is 12.1. The van der Waals surface area contributed by atoms with Gasteiger partial charge in [-0.25, -0.2) is 4.79 Å². The molecule has 3 radical (unpaired) electrons. The highest BCUT2D eigenvalue weighted by atomic mass is 35.5. The number of oxazole rings is 1. The summed E-state index contributed by atoms with van der Waals surface area (Å²) in [6.07, 6.45) is 3.79. The van der Waals surface area contributed by atoms with Crippen LogP contribution in [0.2, 0.25) is 5.02 Å². The minimum atomic E-state index is -1.05. The second-order valence-electron chi connectivity index (χ2n) is 8.00. The molecule has 0 amide bonds. The van der Waals surface area contributed by atoms with E-state index in [-0.39, 0.29) is 18.2 Å². The van der Waals surface area contributed by atoms with Crippen LogP contribution in [0, 0.1) is 7.05 Å². The molecule has 9 nitrogen and oxygen atoms in total. The van der Waals surface area contributed by atoms with Crippen molar-refractivity contribution in [2.75, 3.05) is 18.0 Å². The van der Waals surface area contributed by atoms with Crippen LogP contribution in [0.5, 0.6) is 0 Å². The van der Waals surface area contributed by atoms with Crippen LogP contribution in [0.15, 0.2) is 53.2 Å². The SMILES string of the molecule is [C]N1CC(c2cc(-n3nccn3)ccc2C(=O)O)N(c2nc3cc(Cl)ccc3o2)CC[C@H]1C. The molecule has 2 aromatic carbocycles. The van der Waals surface area contributed by atoms with Gasteiger partial charge in [0.2, 0.25) is 0 Å². The lowest BCUT2D eigenvalue weighted by Crippen LogP contribution is -2.35. The normalized spacial score (nSPS) is 19.7. The molecule has 1 aliphatic heterocycles. The van der Waals surface area contributed by atoms with Crippen molar-refractivity contribution in [3.8, 4) is 5.69 Å². The lowest BCUT2D eigenvalue weighted by Gasteiger charge is -2.31. The highest BCUT2D eigenvalue weighted by Gasteiger charge is 2.34. The predicted molar refractivity (Wildman–Crippen MR) is 121 cm³/mol. The van der Waals surface area contributed by atoms with Gasteiger partial charge in [0, 0.05) is 24.2 Å². The number of hydrogen-bond acceptors (Lipinski definition) is 7. The van der Waals surface area contributed by atoms with Gasteiger partial charge in [0.05, 0.1) is 36.7 Å². The van der Waals surface area contributed by atoms with Crippen LogP contribution in [0.25, 0.3) is 16.8 Å². The van der Waals surface area contributed by atoms with Gasteiger partial charge < -0.3 is 14.4 Å². The fraction of sp³-hybridized carbons (Fsp3) is 0.261. The Kier molecular flexibility index (Phi) is 5.51. The first-order valence-electron chi connectivity index (χ1n) is 10.5. The fourth-order valence-electron chi connectivity index (χ4n) is 4.10. The lowest BCUT2D eigenvalue weighted by atomic mass is 9.98. The molecule has 1 N–H and O–H groups in total. The summed E-state index contributed by atoms with van der Waals surface area (Å²) in [6, 6.07) is 10.0. The monoisotopic (exact) mass is 463 g/mol. The molecule has 1 fully saturated rings. The molecule has 0 saturated carbocycles. The van der Waals surface area contributed by atoms with Crippen LogP contribution in [-0.2, 0) is 0 Å². The van der Waals surface area contributed by atoms with Crippen molar-refractivity contribution in [2.24, 2.45) is 0 Å². The second kappa shape index (κ2) is 8.49. The number of nitrogens with zero attached hydrogens (tertiary/aromatic N) is 6. The largest absolute Gasteiger partial charge is 0.478 e. The van der Waals surface area contributed by atoms with E-state index in [1.165, 1.54) is 9.70 Å². The maximum atomic E-state index is 12.1. The number of carboxylic acid groups (broad SMARTS) is 1. The highest BCUT2D eigenvalue weighted by molar-refractivity contribution is 6.31. The average Bonchev–Trinajstić information content (AvgIpc) is 3.44.